The molecule has 20 heavy (non-hydrogen) atoms. The maximum Gasteiger partial charge on any atom is 0.189 e. The van der Waals surface area contributed by atoms with Crippen LogP contribution in [0.4, 0.5) is 5.69 Å². The smallest absolute Gasteiger partial charge is 0.189 e. The second-order valence-corrected chi connectivity index (χ2v) is 5.63. The molecule has 1 aromatic carbocycles. The van der Waals surface area contributed by atoms with Gasteiger partial charge < -0.3 is 19.9 Å². The molecule has 0 amide bonds. The summed E-state index contributed by atoms with van der Waals surface area (Å²) in [6.45, 7) is 4.67. The number of rotatable bonds is 3. The SMILES string of the molecule is CC1OCCC1N(C)Cc1cc(N)cc2c1OCOC2. The molecule has 3 rings (SSSR count). The van der Waals surface area contributed by atoms with E-state index >= 15 is 0 Å². The van der Waals surface area contributed by atoms with Gasteiger partial charge in [0, 0.05) is 36.0 Å². The highest BCUT2D eigenvalue weighted by atomic mass is 16.7. The van der Waals surface area contributed by atoms with Crippen LogP contribution in [-0.2, 0) is 22.6 Å². The highest BCUT2D eigenvalue weighted by molar-refractivity contribution is 5.53. The third-order valence-corrected chi connectivity index (χ3v) is 4.13. The molecular weight excluding hydrogens is 256 g/mol. The highest BCUT2D eigenvalue weighted by Gasteiger charge is 2.28. The van der Waals surface area contributed by atoms with E-state index in [1.165, 1.54) is 0 Å². The normalized spacial score (nSPS) is 25.6. The van der Waals surface area contributed by atoms with Gasteiger partial charge in [-0.2, -0.15) is 0 Å². The van der Waals surface area contributed by atoms with E-state index in [-0.39, 0.29) is 6.10 Å². The summed E-state index contributed by atoms with van der Waals surface area (Å²) in [5, 5.41) is 0. The molecule has 0 spiro atoms. The molecule has 2 N–H and O–H groups in total. The van der Waals surface area contributed by atoms with Crippen molar-refractivity contribution in [1.82, 2.24) is 4.90 Å². The molecule has 0 radical (unpaired) electrons. The molecule has 2 aliphatic heterocycles. The van der Waals surface area contributed by atoms with Crippen molar-refractivity contribution in [2.24, 2.45) is 0 Å². The van der Waals surface area contributed by atoms with Crippen molar-refractivity contribution in [3.05, 3.63) is 23.3 Å². The van der Waals surface area contributed by atoms with Crippen LogP contribution in [0.2, 0.25) is 0 Å². The van der Waals surface area contributed by atoms with E-state index in [9.17, 15) is 0 Å². The largest absolute Gasteiger partial charge is 0.467 e. The van der Waals surface area contributed by atoms with Crippen molar-refractivity contribution in [3.8, 4) is 5.75 Å². The van der Waals surface area contributed by atoms with Crippen LogP contribution < -0.4 is 10.5 Å². The minimum Gasteiger partial charge on any atom is -0.467 e. The molecule has 2 aliphatic rings. The minimum atomic E-state index is 0.279. The van der Waals surface area contributed by atoms with Crippen LogP contribution in [0.25, 0.3) is 0 Å². The first-order valence-corrected chi connectivity index (χ1v) is 7.09. The number of nitrogen functional groups attached to an aromatic ring is 1. The Morgan fingerprint density at radius 2 is 2.25 bits per heavy atom. The molecular formula is C15H22N2O3. The number of likely N-dealkylation sites (N-methyl/N-ethyl adjacent to an activating group) is 1. The van der Waals surface area contributed by atoms with Gasteiger partial charge >= 0.3 is 0 Å². The Hall–Kier alpha value is -1.30. The van der Waals surface area contributed by atoms with Gasteiger partial charge in [-0.05, 0) is 32.5 Å². The molecule has 110 valence electrons. The predicted molar refractivity (Wildman–Crippen MR) is 76.4 cm³/mol. The Labute approximate surface area is 119 Å². The second kappa shape index (κ2) is 5.60. The lowest BCUT2D eigenvalue weighted by atomic mass is 10.0. The van der Waals surface area contributed by atoms with E-state index in [2.05, 4.69) is 18.9 Å². The van der Waals surface area contributed by atoms with Gasteiger partial charge in [-0.15, -0.1) is 0 Å². The Balaban J connectivity index is 1.81. The first-order chi connectivity index (χ1) is 9.65. The lowest BCUT2D eigenvalue weighted by Gasteiger charge is -2.29. The quantitative estimate of drug-likeness (QED) is 0.854. The van der Waals surface area contributed by atoms with Crippen molar-refractivity contribution in [3.63, 3.8) is 0 Å². The average molecular weight is 278 g/mol. The molecule has 2 heterocycles. The van der Waals surface area contributed by atoms with Crippen LogP contribution in [0.3, 0.4) is 0 Å². The van der Waals surface area contributed by atoms with E-state index in [1.807, 2.05) is 12.1 Å². The Morgan fingerprint density at radius 3 is 3.00 bits per heavy atom. The monoisotopic (exact) mass is 278 g/mol. The zero-order chi connectivity index (χ0) is 14.1. The number of benzene rings is 1. The third kappa shape index (κ3) is 2.61. The molecule has 0 saturated carbocycles. The molecule has 1 fully saturated rings. The second-order valence-electron chi connectivity index (χ2n) is 5.63. The molecule has 0 aromatic heterocycles. The summed E-state index contributed by atoms with van der Waals surface area (Å²) in [7, 11) is 2.13. The van der Waals surface area contributed by atoms with Gasteiger partial charge in [0.2, 0.25) is 0 Å². The van der Waals surface area contributed by atoms with Crippen LogP contribution in [-0.4, -0.2) is 37.5 Å². The van der Waals surface area contributed by atoms with Crippen molar-refractivity contribution < 1.29 is 14.2 Å². The highest BCUT2D eigenvalue weighted by Crippen LogP contribution is 2.32. The van der Waals surface area contributed by atoms with Gasteiger partial charge in [-0.1, -0.05) is 0 Å². The summed E-state index contributed by atoms with van der Waals surface area (Å²) in [4.78, 5) is 2.32. The molecule has 5 nitrogen and oxygen atoms in total. The molecule has 5 heteroatoms. The van der Waals surface area contributed by atoms with Crippen LogP contribution in [0, 0.1) is 0 Å². The molecule has 2 atom stereocenters. The fourth-order valence-electron chi connectivity index (χ4n) is 3.13. The van der Waals surface area contributed by atoms with E-state index in [0.717, 1.165) is 42.1 Å². The van der Waals surface area contributed by atoms with E-state index < -0.39 is 0 Å². The standard InChI is InChI=1S/C15H22N2O3/c1-10-14(3-4-19-10)17(2)7-11-5-13(16)6-12-8-18-9-20-15(11)12/h5-6,10,14H,3-4,7-9,16H2,1-2H3. The van der Waals surface area contributed by atoms with Gasteiger partial charge in [0.25, 0.3) is 0 Å². The number of fused-ring (bicyclic) bond motifs is 1. The number of nitrogens with zero attached hydrogens (tertiary/aromatic N) is 1. The van der Waals surface area contributed by atoms with Gasteiger partial charge in [0.05, 0.1) is 12.7 Å². The van der Waals surface area contributed by atoms with Gasteiger partial charge in [-0.3, -0.25) is 4.90 Å². The Morgan fingerprint density at radius 1 is 1.40 bits per heavy atom. The first-order valence-electron chi connectivity index (χ1n) is 7.09. The fourth-order valence-corrected chi connectivity index (χ4v) is 3.13. The predicted octanol–water partition coefficient (Wildman–Crippen LogP) is 1.74. The Kier molecular flexibility index (Phi) is 3.83. The van der Waals surface area contributed by atoms with Crippen molar-refractivity contribution in [1.29, 1.82) is 0 Å². The van der Waals surface area contributed by atoms with Crippen LogP contribution in [0.1, 0.15) is 24.5 Å². The summed E-state index contributed by atoms with van der Waals surface area (Å²) in [6.07, 6.45) is 1.35. The molecule has 0 bridgehead atoms. The molecule has 1 saturated heterocycles. The summed E-state index contributed by atoms with van der Waals surface area (Å²) >= 11 is 0. The van der Waals surface area contributed by atoms with Crippen LogP contribution in [0.15, 0.2) is 12.1 Å². The lowest BCUT2D eigenvalue weighted by molar-refractivity contribution is -0.0176. The Bertz CT molecular complexity index is 492. The molecule has 2 unspecified atom stereocenters. The number of ether oxygens (including phenoxy) is 3. The van der Waals surface area contributed by atoms with Crippen molar-refractivity contribution in [2.45, 2.75) is 38.6 Å². The maximum atomic E-state index is 5.98. The average Bonchev–Trinajstić information content (AvgIpc) is 2.85. The summed E-state index contributed by atoms with van der Waals surface area (Å²) < 4.78 is 16.6. The maximum absolute atomic E-state index is 5.98. The topological polar surface area (TPSA) is 57.0 Å². The van der Waals surface area contributed by atoms with Gasteiger partial charge in [-0.25, -0.2) is 0 Å². The summed E-state index contributed by atoms with van der Waals surface area (Å²) in [6, 6.07) is 4.38. The molecule has 0 aliphatic carbocycles. The zero-order valence-electron chi connectivity index (χ0n) is 12.1. The summed E-state index contributed by atoms with van der Waals surface area (Å²) in [5.74, 6) is 0.934. The van der Waals surface area contributed by atoms with Crippen molar-refractivity contribution in [2.75, 3.05) is 26.2 Å². The lowest BCUT2D eigenvalue weighted by Crippen LogP contribution is -2.36. The first kappa shape index (κ1) is 13.7. The van der Waals surface area contributed by atoms with Crippen LogP contribution in [0.5, 0.6) is 5.75 Å². The minimum absolute atomic E-state index is 0.279. The van der Waals surface area contributed by atoms with Gasteiger partial charge in [0.1, 0.15) is 5.75 Å². The van der Waals surface area contributed by atoms with E-state index in [1.54, 1.807) is 0 Å². The zero-order valence-corrected chi connectivity index (χ0v) is 12.1. The van der Waals surface area contributed by atoms with Gasteiger partial charge in [0.15, 0.2) is 6.79 Å². The van der Waals surface area contributed by atoms with E-state index in [0.29, 0.717) is 19.4 Å². The number of hydrogen-bond donors (Lipinski definition) is 1. The third-order valence-electron chi connectivity index (χ3n) is 4.13. The number of anilines is 1. The molecule has 1 aromatic rings. The fraction of sp³-hybridized carbons (Fsp3) is 0.600. The van der Waals surface area contributed by atoms with Crippen molar-refractivity contribution >= 4 is 5.69 Å². The van der Waals surface area contributed by atoms with Crippen LogP contribution >= 0.6 is 0 Å². The number of nitrogens with two attached hydrogens (primary N) is 1. The number of hydrogen-bond acceptors (Lipinski definition) is 5. The van der Waals surface area contributed by atoms with E-state index in [4.69, 9.17) is 19.9 Å². The summed E-state index contributed by atoms with van der Waals surface area (Å²) in [5.41, 5.74) is 8.91.